The van der Waals surface area contributed by atoms with Gasteiger partial charge in [0.1, 0.15) is 5.75 Å². The lowest BCUT2D eigenvalue weighted by atomic mass is 10.1. The summed E-state index contributed by atoms with van der Waals surface area (Å²) in [4.78, 5) is 28.4. The van der Waals surface area contributed by atoms with Gasteiger partial charge >= 0.3 is 0 Å². The molecule has 0 aliphatic carbocycles. The number of para-hydroxylation sites is 2. The molecule has 8 heteroatoms. The van der Waals surface area contributed by atoms with Crippen LogP contribution in [-0.2, 0) is 0 Å². The highest BCUT2D eigenvalue weighted by Crippen LogP contribution is 2.35. The van der Waals surface area contributed by atoms with Gasteiger partial charge in [-0.05, 0) is 55.3 Å². The van der Waals surface area contributed by atoms with Crippen LogP contribution in [0.25, 0.3) is 11.6 Å². The van der Waals surface area contributed by atoms with Crippen molar-refractivity contribution >= 4 is 0 Å². The van der Waals surface area contributed by atoms with Gasteiger partial charge in [-0.15, -0.1) is 0 Å². The van der Waals surface area contributed by atoms with Gasteiger partial charge in [0, 0.05) is 12.4 Å². The van der Waals surface area contributed by atoms with Crippen molar-refractivity contribution in [2.75, 3.05) is 7.11 Å². The minimum Gasteiger partial charge on any atom is -0.493 e. The zero-order valence-electron chi connectivity index (χ0n) is 17.2. The Kier molecular flexibility index (Phi) is 5.61. The van der Waals surface area contributed by atoms with Gasteiger partial charge in [0.25, 0.3) is 17.2 Å². The number of aromatic amines is 1. The molecule has 0 unspecified atom stereocenters. The molecule has 2 aromatic carbocycles. The number of rotatable bonds is 6. The molecule has 8 nitrogen and oxygen atoms in total. The van der Waals surface area contributed by atoms with E-state index in [1.54, 1.807) is 42.7 Å². The second kappa shape index (κ2) is 8.66. The molecule has 4 rings (SSSR count). The van der Waals surface area contributed by atoms with Crippen LogP contribution < -0.4 is 19.8 Å². The molecule has 0 atom stereocenters. The highest BCUT2D eigenvalue weighted by molar-refractivity contribution is 5.50. The molecule has 0 saturated heterocycles. The number of H-pyrrole nitrogens is 1. The van der Waals surface area contributed by atoms with E-state index in [-0.39, 0.29) is 23.3 Å². The van der Waals surface area contributed by atoms with E-state index in [2.05, 4.69) is 19.9 Å². The third kappa shape index (κ3) is 4.53. The SMILES string of the molecule is COc1ccccc1Oc1c(Oc2cc(C)cc(C)c2)nc(-c2ncccn2)[nH]c1=O. The van der Waals surface area contributed by atoms with E-state index >= 15 is 0 Å². The summed E-state index contributed by atoms with van der Waals surface area (Å²) in [7, 11) is 1.52. The molecule has 0 spiro atoms. The molecule has 0 aliphatic rings. The fourth-order valence-electron chi connectivity index (χ4n) is 3.04. The van der Waals surface area contributed by atoms with E-state index in [4.69, 9.17) is 14.2 Å². The number of methoxy groups -OCH3 is 1. The fraction of sp³-hybridized carbons (Fsp3) is 0.130. The number of benzene rings is 2. The van der Waals surface area contributed by atoms with E-state index in [9.17, 15) is 4.79 Å². The number of aromatic nitrogens is 4. The lowest BCUT2D eigenvalue weighted by Gasteiger charge is -2.14. The first-order valence-corrected chi connectivity index (χ1v) is 9.52. The van der Waals surface area contributed by atoms with Crippen molar-refractivity contribution in [3.05, 3.63) is 82.4 Å². The van der Waals surface area contributed by atoms with Crippen LogP contribution in [0.5, 0.6) is 28.9 Å². The number of nitrogens with zero attached hydrogens (tertiary/aromatic N) is 3. The summed E-state index contributed by atoms with van der Waals surface area (Å²) in [5.41, 5.74) is 1.49. The van der Waals surface area contributed by atoms with Crippen LogP contribution in [0.15, 0.2) is 65.7 Å². The molecule has 0 fully saturated rings. The van der Waals surface area contributed by atoms with Crippen molar-refractivity contribution in [3.8, 4) is 40.5 Å². The fourth-order valence-corrected chi connectivity index (χ4v) is 3.04. The van der Waals surface area contributed by atoms with E-state index in [1.807, 2.05) is 32.0 Å². The first-order valence-electron chi connectivity index (χ1n) is 9.52. The smallest absolute Gasteiger partial charge is 0.298 e. The Morgan fingerprint density at radius 3 is 2.23 bits per heavy atom. The van der Waals surface area contributed by atoms with Crippen molar-refractivity contribution in [1.82, 2.24) is 19.9 Å². The second-order valence-corrected chi connectivity index (χ2v) is 6.80. The highest BCUT2D eigenvalue weighted by atomic mass is 16.5. The van der Waals surface area contributed by atoms with Crippen LogP contribution in [0, 0.1) is 13.8 Å². The molecule has 156 valence electrons. The topological polar surface area (TPSA) is 99.2 Å². The summed E-state index contributed by atoms with van der Waals surface area (Å²) < 4.78 is 17.2. The third-order valence-electron chi connectivity index (χ3n) is 4.31. The normalized spacial score (nSPS) is 10.5. The molecule has 31 heavy (non-hydrogen) atoms. The van der Waals surface area contributed by atoms with Gasteiger partial charge in [-0.1, -0.05) is 18.2 Å². The zero-order valence-corrected chi connectivity index (χ0v) is 17.2. The summed E-state index contributed by atoms with van der Waals surface area (Å²) in [6, 6.07) is 14.4. The molecule has 2 heterocycles. The van der Waals surface area contributed by atoms with Crippen molar-refractivity contribution in [2.24, 2.45) is 0 Å². The maximum atomic E-state index is 13.0. The Morgan fingerprint density at radius 1 is 0.871 bits per heavy atom. The van der Waals surface area contributed by atoms with Crippen molar-refractivity contribution in [3.63, 3.8) is 0 Å². The quantitative estimate of drug-likeness (QED) is 0.496. The Labute approximate surface area is 178 Å². The van der Waals surface area contributed by atoms with Crippen LogP contribution >= 0.6 is 0 Å². The number of hydrogen-bond donors (Lipinski definition) is 1. The molecule has 1 N–H and O–H groups in total. The number of ether oxygens (including phenoxy) is 3. The standard InChI is InChI=1S/C23H20N4O4/c1-14-11-15(2)13-16(12-14)30-23-19(31-18-8-5-4-7-17(18)29-3)22(28)26-21(27-23)20-24-9-6-10-25-20/h4-13H,1-3H3,(H,26,27,28). The summed E-state index contributed by atoms with van der Waals surface area (Å²) in [5.74, 6) is 1.65. The third-order valence-corrected chi connectivity index (χ3v) is 4.31. The zero-order chi connectivity index (χ0) is 21.8. The highest BCUT2D eigenvalue weighted by Gasteiger charge is 2.20. The first-order chi connectivity index (χ1) is 15.0. The van der Waals surface area contributed by atoms with Gasteiger partial charge in [-0.25, -0.2) is 9.97 Å². The molecule has 0 radical (unpaired) electrons. The molecule has 0 amide bonds. The minimum atomic E-state index is -0.539. The molecule has 4 aromatic rings. The predicted molar refractivity (Wildman–Crippen MR) is 115 cm³/mol. The summed E-state index contributed by atoms with van der Waals surface area (Å²) >= 11 is 0. The molecule has 0 bridgehead atoms. The maximum absolute atomic E-state index is 13.0. The Balaban J connectivity index is 1.83. The van der Waals surface area contributed by atoms with Crippen LogP contribution in [0.4, 0.5) is 0 Å². The average Bonchev–Trinajstić information content (AvgIpc) is 2.76. The van der Waals surface area contributed by atoms with Gasteiger partial charge in [0.15, 0.2) is 23.1 Å². The molecule has 0 saturated carbocycles. The van der Waals surface area contributed by atoms with Gasteiger partial charge < -0.3 is 19.2 Å². The van der Waals surface area contributed by atoms with Crippen LogP contribution in [-0.4, -0.2) is 27.0 Å². The Bertz CT molecular complexity index is 1250. The Hall–Kier alpha value is -4.20. The van der Waals surface area contributed by atoms with Crippen molar-refractivity contribution in [2.45, 2.75) is 13.8 Å². The van der Waals surface area contributed by atoms with Gasteiger partial charge in [0.05, 0.1) is 7.11 Å². The largest absolute Gasteiger partial charge is 0.493 e. The monoisotopic (exact) mass is 416 g/mol. The lowest BCUT2D eigenvalue weighted by Crippen LogP contribution is -2.14. The summed E-state index contributed by atoms with van der Waals surface area (Å²) in [6.45, 7) is 3.92. The number of nitrogens with one attached hydrogen (secondary N) is 1. The maximum Gasteiger partial charge on any atom is 0.298 e. The van der Waals surface area contributed by atoms with Gasteiger partial charge in [-0.2, -0.15) is 4.98 Å². The summed E-state index contributed by atoms with van der Waals surface area (Å²) in [6.07, 6.45) is 3.12. The van der Waals surface area contributed by atoms with Crippen LogP contribution in [0.3, 0.4) is 0 Å². The van der Waals surface area contributed by atoms with Crippen molar-refractivity contribution in [1.29, 1.82) is 0 Å². The predicted octanol–water partition coefficient (Wildman–Crippen LogP) is 4.44. The second-order valence-electron chi connectivity index (χ2n) is 6.80. The lowest BCUT2D eigenvalue weighted by molar-refractivity contribution is 0.361. The number of hydrogen-bond acceptors (Lipinski definition) is 7. The molecule has 2 aromatic heterocycles. The van der Waals surface area contributed by atoms with Crippen LogP contribution in [0.2, 0.25) is 0 Å². The summed E-state index contributed by atoms with van der Waals surface area (Å²) in [5, 5.41) is 0. The molecular formula is C23H20N4O4. The number of aryl methyl sites for hydroxylation is 2. The van der Waals surface area contributed by atoms with E-state index < -0.39 is 5.56 Å². The van der Waals surface area contributed by atoms with Crippen molar-refractivity contribution < 1.29 is 14.2 Å². The van der Waals surface area contributed by atoms with Crippen LogP contribution in [0.1, 0.15) is 11.1 Å². The van der Waals surface area contributed by atoms with E-state index in [1.165, 1.54) is 7.11 Å². The van der Waals surface area contributed by atoms with Gasteiger partial charge in [0.2, 0.25) is 0 Å². The van der Waals surface area contributed by atoms with Gasteiger partial charge in [-0.3, -0.25) is 4.79 Å². The van der Waals surface area contributed by atoms with E-state index in [0.717, 1.165) is 11.1 Å². The molecule has 0 aliphatic heterocycles. The average molecular weight is 416 g/mol. The minimum absolute atomic E-state index is 0.0119. The Morgan fingerprint density at radius 2 is 1.55 bits per heavy atom. The molecular weight excluding hydrogens is 396 g/mol. The van der Waals surface area contributed by atoms with E-state index in [0.29, 0.717) is 17.2 Å². The first kappa shape index (κ1) is 20.1.